The Labute approximate surface area is 52.3 Å². The van der Waals surface area contributed by atoms with Gasteiger partial charge >= 0.3 is 0 Å². The van der Waals surface area contributed by atoms with Crippen molar-refractivity contribution in [2.75, 3.05) is 0 Å². The molecule has 1 radical (unpaired) electrons. The molecule has 0 nitrogen and oxygen atoms in total. The van der Waals surface area contributed by atoms with Gasteiger partial charge in [-0.15, -0.1) is 0 Å². The van der Waals surface area contributed by atoms with Gasteiger partial charge in [0.2, 0.25) is 0 Å². The minimum atomic E-state index is 0.906. The second-order valence-electron chi connectivity index (χ2n) is 3.20. The molecular weight excluding hydrogens is 96.1 g/mol. The summed E-state index contributed by atoms with van der Waals surface area (Å²) in [5, 5.41) is 0. The van der Waals surface area contributed by atoms with Crippen LogP contribution in [0.25, 0.3) is 0 Å². The molecule has 1 aliphatic carbocycles. The maximum Gasteiger partial charge on any atom is -0.0352 e. The molecule has 0 heteroatoms. The maximum atomic E-state index is 2.41. The Hall–Kier alpha value is 0. The number of rotatable bonds is 3. The largest absolute Gasteiger partial charge is 0.0628 e. The molecule has 8 heavy (non-hydrogen) atoms. The minimum absolute atomic E-state index is 0.906. The molecule has 1 aliphatic rings. The molecule has 47 valence electrons. The molecule has 1 rings (SSSR count). The standard InChI is InChI=1S/C8H15/c1-7(2)3-4-8-5-6-8/h5,7-8H,3-4,6H2,1-2H3. The predicted octanol–water partition coefficient (Wildman–Crippen LogP) is 2.65. The smallest absolute Gasteiger partial charge is 0.0352 e. The van der Waals surface area contributed by atoms with E-state index in [4.69, 9.17) is 0 Å². The molecule has 0 aromatic rings. The van der Waals surface area contributed by atoms with Crippen LogP contribution in [0.1, 0.15) is 33.1 Å². The summed E-state index contributed by atoms with van der Waals surface area (Å²) >= 11 is 0. The van der Waals surface area contributed by atoms with Crippen LogP contribution in [-0.2, 0) is 0 Å². The molecule has 0 aliphatic heterocycles. The van der Waals surface area contributed by atoms with Crippen molar-refractivity contribution >= 4 is 0 Å². The van der Waals surface area contributed by atoms with Gasteiger partial charge < -0.3 is 0 Å². The third-order valence-electron chi connectivity index (χ3n) is 1.68. The first kappa shape index (κ1) is 6.12. The average molecular weight is 111 g/mol. The Morgan fingerprint density at radius 2 is 2.25 bits per heavy atom. The van der Waals surface area contributed by atoms with Gasteiger partial charge in [-0.3, -0.25) is 0 Å². The lowest BCUT2D eigenvalue weighted by atomic mass is 10.1. The van der Waals surface area contributed by atoms with Crippen LogP contribution in [0.2, 0.25) is 0 Å². The molecule has 0 spiro atoms. The first-order chi connectivity index (χ1) is 3.79. The molecule has 1 fully saturated rings. The molecule has 0 aromatic heterocycles. The van der Waals surface area contributed by atoms with E-state index in [9.17, 15) is 0 Å². The van der Waals surface area contributed by atoms with Crippen LogP contribution in [0.4, 0.5) is 0 Å². The summed E-state index contributed by atoms with van der Waals surface area (Å²) in [5.41, 5.74) is 0. The quantitative estimate of drug-likeness (QED) is 0.525. The summed E-state index contributed by atoms with van der Waals surface area (Å²) < 4.78 is 0. The molecule has 1 atom stereocenters. The van der Waals surface area contributed by atoms with Gasteiger partial charge in [-0.1, -0.05) is 20.3 Å². The Morgan fingerprint density at radius 1 is 1.62 bits per heavy atom. The fourth-order valence-electron chi connectivity index (χ4n) is 0.879. The lowest BCUT2D eigenvalue weighted by Gasteiger charge is -2.00. The van der Waals surface area contributed by atoms with Gasteiger partial charge in [0.05, 0.1) is 0 Å². The van der Waals surface area contributed by atoms with E-state index < -0.39 is 0 Å². The van der Waals surface area contributed by atoms with E-state index >= 15 is 0 Å². The molecular formula is C8H15. The average Bonchev–Trinajstić information content (AvgIpc) is 2.41. The zero-order chi connectivity index (χ0) is 5.98. The van der Waals surface area contributed by atoms with Crippen molar-refractivity contribution in [2.45, 2.75) is 33.1 Å². The van der Waals surface area contributed by atoms with Crippen LogP contribution < -0.4 is 0 Å². The normalized spacial score (nSPS) is 19.9. The van der Waals surface area contributed by atoms with Gasteiger partial charge in [0.25, 0.3) is 0 Å². The topological polar surface area (TPSA) is 0 Å². The van der Waals surface area contributed by atoms with E-state index in [1.54, 1.807) is 0 Å². The molecule has 0 aromatic carbocycles. The van der Waals surface area contributed by atoms with Crippen LogP contribution in [0.3, 0.4) is 0 Å². The summed E-state index contributed by atoms with van der Waals surface area (Å²) in [6.07, 6.45) is 6.66. The van der Waals surface area contributed by atoms with E-state index in [0.717, 1.165) is 11.8 Å². The van der Waals surface area contributed by atoms with Gasteiger partial charge in [0.1, 0.15) is 0 Å². The van der Waals surface area contributed by atoms with Crippen LogP contribution in [0.15, 0.2) is 0 Å². The van der Waals surface area contributed by atoms with E-state index in [2.05, 4.69) is 20.3 Å². The lowest BCUT2D eigenvalue weighted by Crippen LogP contribution is -1.86. The van der Waals surface area contributed by atoms with Gasteiger partial charge in [0.15, 0.2) is 0 Å². The van der Waals surface area contributed by atoms with Gasteiger partial charge in [-0.25, -0.2) is 0 Å². The van der Waals surface area contributed by atoms with Crippen LogP contribution in [0.5, 0.6) is 0 Å². The Morgan fingerprint density at radius 3 is 2.62 bits per heavy atom. The highest BCUT2D eigenvalue weighted by molar-refractivity contribution is 4.93. The SMILES string of the molecule is CC(C)CCC1[CH]C1. The molecule has 0 saturated heterocycles. The van der Waals surface area contributed by atoms with E-state index in [1.807, 2.05) is 0 Å². The Bertz CT molecular complexity index is 58.4. The van der Waals surface area contributed by atoms with Gasteiger partial charge in [-0.2, -0.15) is 0 Å². The first-order valence-electron chi connectivity index (χ1n) is 3.62. The van der Waals surface area contributed by atoms with Gasteiger partial charge in [0, 0.05) is 0 Å². The maximum absolute atomic E-state index is 2.41. The summed E-state index contributed by atoms with van der Waals surface area (Å²) in [5.74, 6) is 1.92. The van der Waals surface area contributed by atoms with E-state index in [1.165, 1.54) is 19.3 Å². The molecule has 0 heterocycles. The van der Waals surface area contributed by atoms with Crippen LogP contribution in [-0.4, -0.2) is 0 Å². The third-order valence-corrected chi connectivity index (χ3v) is 1.68. The number of hydrogen-bond acceptors (Lipinski definition) is 0. The highest BCUT2D eigenvalue weighted by atomic mass is 14.3. The highest BCUT2D eigenvalue weighted by Gasteiger charge is 2.20. The fraction of sp³-hybridized carbons (Fsp3) is 0.875. The molecule has 0 bridgehead atoms. The Kier molecular flexibility index (Phi) is 1.93. The molecule has 1 unspecified atom stereocenters. The van der Waals surface area contributed by atoms with Crippen molar-refractivity contribution in [3.05, 3.63) is 6.42 Å². The first-order valence-corrected chi connectivity index (χ1v) is 3.62. The predicted molar refractivity (Wildman–Crippen MR) is 36.5 cm³/mol. The highest BCUT2D eigenvalue weighted by Crippen LogP contribution is 2.33. The second kappa shape index (κ2) is 2.52. The third kappa shape index (κ3) is 2.34. The summed E-state index contributed by atoms with van der Waals surface area (Å²) in [6.45, 7) is 4.59. The van der Waals surface area contributed by atoms with Gasteiger partial charge in [-0.05, 0) is 31.1 Å². The fourth-order valence-corrected chi connectivity index (χ4v) is 0.879. The van der Waals surface area contributed by atoms with Crippen LogP contribution in [0, 0.1) is 18.3 Å². The van der Waals surface area contributed by atoms with E-state index in [-0.39, 0.29) is 0 Å². The summed E-state index contributed by atoms with van der Waals surface area (Å²) in [4.78, 5) is 0. The number of hydrogen-bond donors (Lipinski definition) is 0. The van der Waals surface area contributed by atoms with Crippen molar-refractivity contribution in [1.29, 1.82) is 0 Å². The van der Waals surface area contributed by atoms with E-state index in [0.29, 0.717) is 0 Å². The van der Waals surface area contributed by atoms with Crippen molar-refractivity contribution < 1.29 is 0 Å². The summed E-state index contributed by atoms with van der Waals surface area (Å²) in [6, 6.07) is 0. The zero-order valence-electron chi connectivity index (χ0n) is 5.85. The van der Waals surface area contributed by atoms with Crippen molar-refractivity contribution in [2.24, 2.45) is 11.8 Å². The van der Waals surface area contributed by atoms with Crippen molar-refractivity contribution in [3.8, 4) is 0 Å². The second-order valence-corrected chi connectivity index (χ2v) is 3.20. The Balaban J connectivity index is 1.87. The lowest BCUT2D eigenvalue weighted by molar-refractivity contribution is 0.534. The zero-order valence-corrected chi connectivity index (χ0v) is 5.85. The monoisotopic (exact) mass is 111 g/mol. The van der Waals surface area contributed by atoms with Crippen molar-refractivity contribution in [3.63, 3.8) is 0 Å². The molecule has 1 saturated carbocycles. The minimum Gasteiger partial charge on any atom is -0.0628 e. The van der Waals surface area contributed by atoms with Crippen LogP contribution >= 0.6 is 0 Å². The molecule has 0 N–H and O–H groups in total. The summed E-state index contributed by atoms with van der Waals surface area (Å²) in [7, 11) is 0. The van der Waals surface area contributed by atoms with Crippen molar-refractivity contribution in [1.82, 2.24) is 0 Å². The molecule has 0 amide bonds.